The van der Waals surface area contributed by atoms with Crippen LogP contribution < -0.4 is 9.47 Å². The van der Waals surface area contributed by atoms with E-state index in [0.717, 1.165) is 29.9 Å². The number of hydrogen-bond acceptors (Lipinski definition) is 4. The number of ether oxygens (including phenoxy) is 2. The van der Waals surface area contributed by atoms with Crippen LogP contribution in [0.25, 0.3) is 0 Å². The molecule has 1 aromatic rings. The summed E-state index contributed by atoms with van der Waals surface area (Å²) in [5.41, 5.74) is 1.07. The molecule has 0 fully saturated rings. The monoisotopic (exact) mass is 221 g/mol. The van der Waals surface area contributed by atoms with E-state index >= 15 is 0 Å². The van der Waals surface area contributed by atoms with Gasteiger partial charge >= 0.3 is 0 Å². The first-order chi connectivity index (χ1) is 7.83. The Kier molecular flexibility index (Phi) is 3.39. The molecular weight excluding hydrogens is 206 g/mol. The molecule has 0 aliphatic carbocycles. The Labute approximate surface area is 94.5 Å². The summed E-state index contributed by atoms with van der Waals surface area (Å²) in [4.78, 5) is 10.6. The van der Waals surface area contributed by atoms with Crippen LogP contribution in [0.1, 0.15) is 25.3 Å². The summed E-state index contributed by atoms with van der Waals surface area (Å²) < 4.78 is 10.5. The van der Waals surface area contributed by atoms with Crippen LogP contribution in [0, 0.1) is 4.91 Å². The number of nitroso groups, excluding NO2 is 1. The quantitative estimate of drug-likeness (QED) is 0.718. The Bertz CT molecular complexity index is 379. The smallest absolute Gasteiger partial charge is 0.231 e. The Morgan fingerprint density at radius 3 is 2.94 bits per heavy atom. The molecule has 0 bridgehead atoms. The van der Waals surface area contributed by atoms with Crippen LogP contribution in [0.4, 0.5) is 0 Å². The molecule has 1 aliphatic rings. The summed E-state index contributed by atoms with van der Waals surface area (Å²) in [5.74, 6) is 1.54. The van der Waals surface area contributed by atoms with Crippen LogP contribution in [0.2, 0.25) is 0 Å². The number of benzene rings is 1. The van der Waals surface area contributed by atoms with Crippen LogP contribution in [0.3, 0.4) is 0 Å². The maximum atomic E-state index is 10.6. The third kappa shape index (κ3) is 2.32. The molecule has 4 heteroatoms. The second-order valence-corrected chi connectivity index (χ2v) is 3.94. The molecule has 1 aromatic carbocycles. The van der Waals surface area contributed by atoms with Gasteiger partial charge in [0.25, 0.3) is 0 Å². The third-order valence-corrected chi connectivity index (χ3v) is 2.68. The van der Waals surface area contributed by atoms with Gasteiger partial charge in [-0.15, -0.1) is 0 Å². The maximum absolute atomic E-state index is 10.6. The fourth-order valence-electron chi connectivity index (χ4n) is 1.87. The molecule has 0 spiro atoms. The fourth-order valence-corrected chi connectivity index (χ4v) is 1.87. The van der Waals surface area contributed by atoms with Gasteiger partial charge in [-0.3, -0.25) is 0 Å². The van der Waals surface area contributed by atoms with Gasteiger partial charge in [0.15, 0.2) is 11.5 Å². The zero-order valence-corrected chi connectivity index (χ0v) is 9.31. The largest absolute Gasteiger partial charge is 0.454 e. The van der Waals surface area contributed by atoms with Crippen molar-refractivity contribution in [3.05, 3.63) is 28.7 Å². The van der Waals surface area contributed by atoms with E-state index in [2.05, 4.69) is 12.1 Å². The van der Waals surface area contributed by atoms with E-state index in [1.807, 2.05) is 18.2 Å². The molecule has 4 nitrogen and oxygen atoms in total. The molecule has 0 amide bonds. The molecular formula is C12H15NO3. The average molecular weight is 221 g/mol. The Morgan fingerprint density at radius 1 is 1.38 bits per heavy atom. The Balaban J connectivity index is 2.06. The van der Waals surface area contributed by atoms with Crippen molar-refractivity contribution < 1.29 is 9.47 Å². The molecule has 0 radical (unpaired) electrons. The first-order valence-corrected chi connectivity index (χ1v) is 5.54. The van der Waals surface area contributed by atoms with E-state index in [9.17, 15) is 4.91 Å². The number of nitrogens with zero attached hydrogens (tertiary/aromatic N) is 1. The van der Waals surface area contributed by atoms with Crippen LogP contribution >= 0.6 is 0 Å². The van der Waals surface area contributed by atoms with Crippen molar-refractivity contribution in [1.29, 1.82) is 0 Å². The molecule has 1 unspecified atom stereocenters. The van der Waals surface area contributed by atoms with Crippen LogP contribution in [-0.2, 0) is 6.42 Å². The van der Waals surface area contributed by atoms with E-state index in [-0.39, 0.29) is 12.8 Å². The minimum absolute atomic E-state index is 0.134. The van der Waals surface area contributed by atoms with Crippen molar-refractivity contribution in [2.75, 3.05) is 6.79 Å². The number of fused-ring (bicyclic) bond motifs is 1. The lowest BCUT2D eigenvalue weighted by atomic mass is 10.0. The van der Waals surface area contributed by atoms with Gasteiger partial charge in [-0.05, 0) is 30.5 Å². The molecule has 0 aromatic heterocycles. The zero-order valence-electron chi connectivity index (χ0n) is 9.31. The van der Waals surface area contributed by atoms with Gasteiger partial charge in [0.2, 0.25) is 6.79 Å². The lowest BCUT2D eigenvalue weighted by Crippen LogP contribution is -2.07. The van der Waals surface area contributed by atoms with E-state index < -0.39 is 0 Å². The lowest BCUT2D eigenvalue weighted by Gasteiger charge is -2.08. The summed E-state index contributed by atoms with van der Waals surface area (Å²) in [7, 11) is 0. The highest BCUT2D eigenvalue weighted by molar-refractivity contribution is 5.44. The molecule has 0 saturated heterocycles. The summed E-state index contributed by atoms with van der Waals surface area (Å²) in [6.07, 6.45) is 2.48. The lowest BCUT2D eigenvalue weighted by molar-refractivity contribution is 0.174. The fraction of sp³-hybridized carbons (Fsp3) is 0.500. The van der Waals surface area contributed by atoms with E-state index in [0.29, 0.717) is 6.42 Å². The summed E-state index contributed by atoms with van der Waals surface area (Å²) in [6.45, 7) is 2.33. The van der Waals surface area contributed by atoms with Crippen molar-refractivity contribution in [2.45, 2.75) is 32.2 Å². The molecule has 0 saturated carbocycles. The van der Waals surface area contributed by atoms with Gasteiger partial charge in [0, 0.05) is 0 Å². The molecule has 86 valence electrons. The second kappa shape index (κ2) is 4.96. The molecule has 16 heavy (non-hydrogen) atoms. The minimum Gasteiger partial charge on any atom is -0.454 e. The Hall–Kier alpha value is -1.58. The van der Waals surface area contributed by atoms with Crippen molar-refractivity contribution in [3.63, 3.8) is 0 Å². The third-order valence-electron chi connectivity index (χ3n) is 2.68. The highest BCUT2D eigenvalue weighted by Gasteiger charge is 2.15. The van der Waals surface area contributed by atoms with Crippen molar-refractivity contribution in [1.82, 2.24) is 0 Å². The van der Waals surface area contributed by atoms with E-state index in [4.69, 9.17) is 9.47 Å². The van der Waals surface area contributed by atoms with Gasteiger partial charge in [-0.2, -0.15) is 4.91 Å². The number of hydrogen-bond donors (Lipinski definition) is 0. The minimum atomic E-state index is -0.134. The topological polar surface area (TPSA) is 47.9 Å². The molecule has 1 heterocycles. The van der Waals surface area contributed by atoms with Crippen molar-refractivity contribution >= 4 is 0 Å². The molecule has 2 rings (SSSR count). The van der Waals surface area contributed by atoms with Crippen molar-refractivity contribution in [2.24, 2.45) is 5.18 Å². The highest BCUT2D eigenvalue weighted by Crippen LogP contribution is 2.33. The van der Waals surface area contributed by atoms with Gasteiger partial charge < -0.3 is 9.47 Å². The van der Waals surface area contributed by atoms with Gasteiger partial charge in [-0.1, -0.05) is 24.6 Å². The van der Waals surface area contributed by atoms with E-state index in [1.54, 1.807) is 0 Å². The molecule has 1 atom stereocenters. The number of rotatable bonds is 5. The summed E-state index contributed by atoms with van der Waals surface area (Å²) in [5, 5.41) is 3.14. The van der Waals surface area contributed by atoms with Gasteiger partial charge in [-0.25, -0.2) is 0 Å². The predicted octanol–water partition coefficient (Wildman–Crippen LogP) is 2.89. The second-order valence-electron chi connectivity index (χ2n) is 3.94. The SMILES string of the molecule is CCCC(Cc1ccc2c(c1)OCO2)N=O. The standard InChI is InChI=1S/C12H15NO3/c1-2-3-10(13-14)6-9-4-5-11-12(7-9)16-8-15-11/h4-5,7,10H,2-3,6,8H2,1H3. The average Bonchev–Trinajstić information content (AvgIpc) is 2.75. The first kappa shape index (κ1) is 10.9. The Morgan fingerprint density at radius 2 is 2.19 bits per heavy atom. The molecule has 1 aliphatic heterocycles. The zero-order chi connectivity index (χ0) is 11.4. The van der Waals surface area contributed by atoms with Crippen LogP contribution in [-0.4, -0.2) is 12.8 Å². The highest BCUT2D eigenvalue weighted by atomic mass is 16.7. The van der Waals surface area contributed by atoms with Gasteiger partial charge in [0.05, 0.1) is 6.04 Å². The maximum Gasteiger partial charge on any atom is 0.231 e. The predicted molar refractivity (Wildman–Crippen MR) is 60.8 cm³/mol. The van der Waals surface area contributed by atoms with Crippen LogP contribution in [0.5, 0.6) is 11.5 Å². The van der Waals surface area contributed by atoms with Gasteiger partial charge in [0.1, 0.15) is 0 Å². The first-order valence-electron chi connectivity index (χ1n) is 5.54. The van der Waals surface area contributed by atoms with E-state index in [1.165, 1.54) is 0 Å². The normalized spacial score (nSPS) is 14.8. The molecule has 0 N–H and O–H groups in total. The summed E-state index contributed by atoms with van der Waals surface area (Å²) >= 11 is 0. The van der Waals surface area contributed by atoms with Crippen molar-refractivity contribution in [3.8, 4) is 11.5 Å². The van der Waals surface area contributed by atoms with Crippen LogP contribution in [0.15, 0.2) is 23.4 Å². The summed E-state index contributed by atoms with van der Waals surface area (Å²) in [6, 6.07) is 5.63.